The zero-order valence-corrected chi connectivity index (χ0v) is 15.5. The van der Waals surface area contributed by atoms with Gasteiger partial charge in [0.1, 0.15) is 12.4 Å². The van der Waals surface area contributed by atoms with Crippen LogP contribution in [0.3, 0.4) is 0 Å². The second kappa shape index (κ2) is 8.23. The van der Waals surface area contributed by atoms with Gasteiger partial charge >= 0.3 is 0 Å². The summed E-state index contributed by atoms with van der Waals surface area (Å²) in [6.45, 7) is 8.37. The van der Waals surface area contributed by atoms with Gasteiger partial charge in [-0.1, -0.05) is 24.8 Å². The number of piperazine rings is 1. The van der Waals surface area contributed by atoms with Gasteiger partial charge in [0.25, 0.3) is 5.91 Å². The van der Waals surface area contributed by atoms with Crippen LogP contribution < -0.4 is 4.74 Å². The molecule has 1 aromatic carbocycles. The Labute approximate surface area is 157 Å². The van der Waals surface area contributed by atoms with Crippen LogP contribution in [0.25, 0.3) is 6.08 Å². The maximum absolute atomic E-state index is 12.2. The van der Waals surface area contributed by atoms with Crippen molar-refractivity contribution in [2.24, 2.45) is 4.99 Å². The second-order valence-electron chi connectivity index (χ2n) is 5.97. The summed E-state index contributed by atoms with van der Waals surface area (Å²) >= 11 is 1.39. The zero-order valence-electron chi connectivity index (χ0n) is 14.7. The van der Waals surface area contributed by atoms with Gasteiger partial charge in [0.15, 0.2) is 5.17 Å². The molecule has 2 aliphatic rings. The first-order valence-electron chi connectivity index (χ1n) is 8.43. The second-order valence-corrected chi connectivity index (χ2v) is 6.98. The Bertz CT molecular complexity index is 763. The highest BCUT2D eigenvalue weighted by Crippen LogP contribution is 2.31. The summed E-state index contributed by atoms with van der Waals surface area (Å²) in [6.07, 6.45) is 3.53. The van der Waals surface area contributed by atoms with Gasteiger partial charge in [0.05, 0.1) is 4.91 Å². The highest BCUT2D eigenvalue weighted by molar-refractivity contribution is 8.18. The molecule has 3 rings (SSSR count). The Morgan fingerprint density at radius 3 is 2.58 bits per heavy atom. The molecule has 6 nitrogen and oxygen atoms in total. The van der Waals surface area contributed by atoms with E-state index in [9.17, 15) is 9.59 Å². The molecule has 0 bridgehead atoms. The third-order valence-corrected chi connectivity index (χ3v) is 5.19. The number of amides is 2. The lowest BCUT2D eigenvalue weighted by Gasteiger charge is -2.34. The number of benzene rings is 1. The third kappa shape index (κ3) is 4.35. The average Bonchev–Trinajstić information content (AvgIpc) is 3.02. The average molecular weight is 371 g/mol. The molecule has 0 N–H and O–H groups in total. The summed E-state index contributed by atoms with van der Waals surface area (Å²) in [4.78, 5) is 32.3. The molecular formula is C19H21N3O3S. The van der Waals surface area contributed by atoms with Crippen molar-refractivity contribution in [2.75, 3.05) is 32.8 Å². The van der Waals surface area contributed by atoms with E-state index >= 15 is 0 Å². The van der Waals surface area contributed by atoms with Crippen molar-refractivity contribution in [1.29, 1.82) is 0 Å². The Kier molecular flexibility index (Phi) is 5.78. The number of nitrogens with zero attached hydrogens (tertiary/aromatic N) is 3. The van der Waals surface area contributed by atoms with Gasteiger partial charge in [-0.2, -0.15) is 4.99 Å². The third-order valence-electron chi connectivity index (χ3n) is 4.15. The number of hydrogen-bond acceptors (Lipinski definition) is 5. The first-order valence-corrected chi connectivity index (χ1v) is 9.25. The van der Waals surface area contributed by atoms with E-state index in [1.807, 2.05) is 35.2 Å². The monoisotopic (exact) mass is 371 g/mol. The predicted octanol–water partition coefficient (Wildman–Crippen LogP) is 2.39. The summed E-state index contributed by atoms with van der Waals surface area (Å²) in [5.41, 5.74) is 0.921. The van der Waals surface area contributed by atoms with E-state index in [0.717, 1.165) is 16.5 Å². The number of carbonyl (C=O) groups excluding carboxylic acids is 2. The Morgan fingerprint density at radius 2 is 1.96 bits per heavy atom. The molecule has 0 saturated carbocycles. The molecule has 1 aromatic rings. The molecule has 0 radical (unpaired) electrons. The van der Waals surface area contributed by atoms with E-state index in [-0.39, 0.29) is 11.8 Å². The quantitative estimate of drug-likeness (QED) is 0.601. The number of rotatable bonds is 4. The van der Waals surface area contributed by atoms with E-state index in [0.29, 0.717) is 37.7 Å². The SMILES string of the molecule is C=CCOc1ccc(C=C2SC(N3CCN(C(C)=O)CC3)=NC2=O)cc1. The smallest absolute Gasteiger partial charge is 0.286 e. The molecule has 0 atom stereocenters. The molecule has 26 heavy (non-hydrogen) atoms. The molecule has 0 aromatic heterocycles. The molecule has 2 aliphatic heterocycles. The van der Waals surface area contributed by atoms with Gasteiger partial charge in [-0.3, -0.25) is 9.59 Å². The summed E-state index contributed by atoms with van der Waals surface area (Å²) < 4.78 is 5.45. The van der Waals surface area contributed by atoms with Gasteiger partial charge in [-0.05, 0) is 35.5 Å². The fourth-order valence-corrected chi connectivity index (χ4v) is 3.68. The van der Waals surface area contributed by atoms with E-state index in [4.69, 9.17) is 4.74 Å². The Balaban J connectivity index is 1.61. The van der Waals surface area contributed by atoms with Crippen molar-refractivity contribution in [2.45, 2.75) is 6.92 Å². The van der Waals surface area contributed by atoms with E-state index in [1.54, 1.807) is 13.0 Å². The molecule has 0 spiro atoms. The van der Waals surface area contributed by atoms with Gasteiger partial charge in [-0.15, -0.1) is 0 Å². The molecule has 2 heterocycles. The number of thioether (sulfide) groups is 1. The maximum Gasteiger partial charge on any atom is 0.286 e. The molecule has 1 saturated heterocycles. The van der Waals surface area contributed by atoms with E-state index in [2.05, 4.69) is 16.5 Å². The van der Waals surface area contributed by atoms with Crippen LogP contribution in [0.5, 0.6) is 5.75 Å². The number of carbonyl (C=O) groups is 2. The first kappa shape index (κ1) is 18.3. The standard InChI is InChI=1S/C19H21N3O3S/c1-3-12-25-16-6-4-15(5-7-16)13-17-18(24)20-19(26-17)22-10-8-21(9-11-22)14(2)23/h3-7,13H,1,8-12H2,2H3. The lowest BCUT2D eigenvalue weighted by Crippen LogP contribution is -2.49. The van der Waals surface area contributed by atoms with Crippen molar-refractivity contribution in [3.63, 3.8) is 0 Å². The van der Waals surface area contributed by atoms with Crippen LogP contribution in [0.2, 0.25) is 0 Å². The van der Waals surface area contributed by atoms with Crippen LogP contribution in [0.15, 0.2) is 46.8 Å². The fourth-order valence-electron chi connectivity index (χ4n) is 2.71. The molecule has 1 fully saturated rings. The summed E-state index contributed by atoms with van der Waals surface area (Å²) in [6, 6.07) is 7.54. The van der Waals surface area contributed by atoms with Crippen molar-refractivity contribution in [1.82, 2.24) is 9.80 Å². The molecular weight excluding hydrogens is 350 g/mol. The first-order chi connectivity index (χ1) is 12.6. The van der Waals surface area contributed by atoms with Crippen molar-refractivity contribution in [3.8, 4) is 5.75 Å². The van der Waals surface area contributed by atoms with Crippen molar-refractivity contribution < 1.29 is 14.3 Å². The molecule has 2 amide bonds. The van der Waals surface area contributed by atoms with Gasteiger partial charge in [-0.25, -0.2) is 0 Å². The minimum absolute atomic E-state index is 0.0860. The topological polar surface area (TPSA) is 62.2 Å². The number of ether oxygens (including phenoxy) is 1. The van der Waals surface area contributed by atoms with Crippen LogP contribution in [0.1, 0.15) is 12.5 Å². The minimum Gasteiger partial charge on any atom is -0.490 e. The lowest BCUT2D eigenvalue weighted by molar-refractivity contribution is -0.130. The van der Waals surface area contributed by atoms with Crippen LogP contribution in [0, 0.1) is 0 Å². The summed E-state index contributed by atoms with van der Waals surface area (Å²) in [5.74, 6) is 0.631. The highest BCUT2D eigenvalue weighted by atomic mass is 32.2. The molecule has 0 aliphatic carbocycles. The predicted molar refractivity (Wildman–Crippen MR) is 104 cm³/mol. The number of aliphatic imine (C=N–C) groups is 1. The number of amidine groups is 1. The van der Waals surface area contributed by atoms with Crippen LogP contribution in [0.4, 0.5) is 0 Å². The van der Waals surface area contributed by atoms with Crippen LogP contribution in [-0.2, 0) is 9.59 Å². The van der Waals surface area contributed by atoms with Crippen LogP contribution in [-0.4, -0.2) is 59.6 Å². The minimum atomic E-state index is -0.217. The normalized spacial score (nSPS) is 18.9. The lowest BCUT2D eigenvalue weighted by atomic mass is 10.2. The molecule has 136 valence electrons. The van der Waals surface area contributed by atoms with E-state index in [1.165, 1.54) is 11.8 Å². The summed E-state index contributed by atoms with van der Waals surface area (Å²) in [7, 11) is 0. The maximum atomic E-state index is 12.2. The highest BCUT2D eigenvalue weighted by Gasteiger charge is 2.28. The molecule has 7 heteroatoms. The fraction of sp³-hybridized carbons (Fsp3) is 0.316. The summed E-state index contributed by atoms with van der Waals surface area (Å²) in [5, 5.41) is 0.718. The Hall–Kier alpha value is -2.54. The molecule has 0 unspecified atom stereocenters. The largest absolute Gasteiger partial charge is 0.490 e. The van der Waals surface area contributed by atoms with E-state index < -0.39 is 0 Å². The van der Waals surface area contributed by atoms with Gasteiger partial charge in [0.2, 0.25) is 5.91 Å². The van der Waals surface area contributed by atoms with Gasteiger partial charge < -0.3 is 14.5 Å². The Morgan fingerprint density at radius 1 is 1.27 bits per heavy atom. The van der Waals surface area contributed by atoms with Crippen molar-refractivity contribution >= 4 is 34.8 Å². The van der Waals surface area contributed by atoms with Gasteiger partial charge in [0, 0.05) is 33.1 Å². The van der Waals surface area contributed by atoms with Crippen LogP contribution >= 0.6 is 11.8 Å². The zero-order chi connectivity index (χ0) is 18.5. The number of hydrogen-bond donors (Lipinski definition) is 0. The van der Waals surface area contributed by atoms with Crippen molar-refractivity contribution in [3.05, 3.63) is 47.4 Å².